The van der Waals surface area contributed by atoms with Gasteiger partial charge in [-0.15, -0.1) is 0 Å². The van der Waals surface area contributed by atoms with Crippen LogP contribution in [0.4, 0.5) is 5.69 Å². The second-order valence-corrected chi connectivity index (χ2v) is 6.28. The lowest BCUT2D eigenvalue weighted by atomic mass is 10.1. The van der Waals surface area contributed by atoms with Gasteiger partial charge in [-0.05, 0) is 31.2 Å². The predicted octanol–water partition coefficient (Wildman–Crippen LogP) is 5.09. The van der Waals surface area contributed by atoms with Crippen molar-refractivity contribution in [2.24, 2.45) is 0 Å². The zero-order valence-corrected chi connectivity index (χ0v) is 13.8. The first-order valence-corrected chi connectivity index (χ1v) is 8.37. The van der Waals surface area contributed by atoms with E-state index >= 15 is 0 Å². The van der Waals surface area contributed by atoms with Gasteiger partial charge in [0.25, 0.3) is 0 Å². The highest BCUT2D eigenvalue weighted by atomic mass is 16.3. The molecule has 1 unspecified atom stereocenters. The van der Waals surface area contributed by atoms with Gasteiger partial charge in [-0.2, -0.15) is 5.10 Å². The first-order chi connectivity index (χ1) is 12.3. The Bertz CT molecular complexity index is 1050. The number of benzene rings is 2. The number of anilines is 1. The molecule has 122 valence electrons. The molecule has 0 saturated carbocycles. The standard InChI is InChI=1S/C21H17N3O/c1-14-13-18-16-9-5-6-10-17(16)22-21(24(18)23-14)20-12-11-19(25-20)15-7-3-2-4-8-15/h2-13,21-22H,1H3. The number of furan rings is 1. The fourth-order valence-corrected chi connectivity index (χ4v) is 3.40. The van der Waals surface area contributed by atoms with E-state index in [2.05, 4.69) is 40.7 Å². The van der Waals surface area contributed by atoms with Crippen molar-refractivity contribution in [3.8, 4) is 22.6 Å². The summed E-state index contributed by atoms with van der Waals surface area (Å²) in [7, 11) is 0. The molecular weight excluding hydrogens is 310 g/mol. The number of aryl methyl sites for hydroxylation is 1. The third kappa shape index (κ3) is 2.26. The molecule has 1 aliphatic heterocycles. The summed E-state index contributed by atoms with van der Waals surface area (Å²) in [4.78, 5) is 0. The number of aromatic nitrogens is 2. The highest BCUT2D eigenvalue weighted by Crippen LogP contribution is 2.39. The Morgan fingerprint density at radius 1 is 0.960 bits per heavy atom. The number of hydrogen-bond acceptors (Lipinski definition) is 3. The second-order valence-electron chi connectivity index (χ2n) is 6.28. The molecular formula is C21H17N3O. The van der Waals surface area contributed by atoms with Crippen LogP contribution in [0.5, 0.6) is 0 Å². The molecule has 25 heavy (non-hydrogen) atoms. The highest BCUT2D eigenvalue weighted by molar-refractivity contribution is 5.78. The van der Waals surface area contributed by atoms with Crippen LogP contribution < -0.4 is 5.32 Å². The second kappa shape index (κ2) is 5.38. The van der Waals surface area contributed by atoms with E-state index in [0.717, 1.165) is 39.7 Å². The number of nitrogens with one attached hydrogen (secondary N) is 1. The average molecular weight is 327 g/mol. The van der Waals surface area contributed by atoms with Crippen molar-refractivity contribution in [1.82, 2.24) is 9.78 Å². The molecule has 2 aromatic heterocycles. The largest absolute Gasteiger partial charge is 0.457 e. The Morgan fingerprint density at radius 3 is 2.64 bits per heavy atom. The SMILES string of the molecule is Cc1cc2n(n1)C(c1ccc(-c3ccccc3)o1)Nc1ccccc1-2. The summed E-state index contributed by atoms with van der Waals surface area (Å²) in [6, 6.07) is 24.6. The van der Waals surface area contributed by atoms with Crippen LogP contribution in [0, 0.1) is 6.92 Å². The minimum atomic E-state index is -0.156. The summed E-state index contributed by atoms with van der Waals surface area (Å²) >= 11 is 0. The van der Waals surface area contributed by atoms with Crippen molar-refractivity contribution in [2.75, 3.05) is 5.32 Å². The Balaban J connectivity index is 1.61. The molecule has 1 N–H and O–H groups in total. The number of fused-ring (bicyclic) bond motifs is 3. The van der Waals surface area contributed by atoms with E-state index in [1.807, 2.05) is 54.1 Å². The van der Waals surface area contributed by atoms with Gasteiger partial charge in [0.2, 0.25) is 0 Å². The Labute approximate surface area is 145 Å². The smallest absolute Gasteiger partial charge is 0.180 e. The van der Waals surface area contributed by atoms with Crippen molar-refractivity contribution in [3.63, 3.8) is 0 Å². The van der Waals surface area contributed by atoms with Crippen molar-refractivity contribution in [1.29, 1.82) is 0 Å². The number of hydrogen-bond donors (Lipinski definition) is 1. The lowest BCUT2D eigenvalue weighted by Gasteiger charge is -2.27. The molecule has 0 fully saturated rings. The van der Waals surface area contributed by atoms with Crippen LogP contribution in [0.15, 0.2) is 77.2 Å². The molecule has 1 aliphatic rings. The van der Waals surface area contributed by atoms with Gasteiger partial charge >= 0.3 is 0 Å². The third-order valence-corrected chi connectivity index (χ3v) is 4.55. The fourth-order valence-electron chi connectivity index (χ4n) is 3.40. The van der Waals surface area contributed by atoms with Crippen molar-refractivity contribution in [2.45, 2.75) is 13.1 Å². The number of para-hydroxylation sites is 1. The maximum Gasteiger partial charge on any atom is 0.180 e. The number of rotatable bonds is 2. The molecule has 3 heterocycles. The highest BCUT2D eigenvalue weighted by Gasteiger charge is 2.28. The van der Waals surface area contributed by atoms with Crippen LogP contribution in [0.3, 0.4) is 0 Å². The summed E-state index contributed by atoms with van der Waals surface area (Å²) in [5, 5.41) is 8.24. The molecule has 4 heteroatoms. The molecule has 4 aromatic rings. The molecule has 0 saturated heterocycles. The van der Waals surface area contributed by atoms with Crippen LogP contribution in [-0.2, 0) is 0 Å². The van der Waals surface area contributed by atoms with Crippen molar-refractivity contribution >= 4 is 5.69 Å². The van der Waals surface area contributed by atoms with Crippen molar-refractivity contribution in [3.05, 3.63) is 84.3 Å². The molecule has 0 amide bonds. The molecule has 0 radical (unpaired) electrons. The fraction of sp³-hybridized carbons (Fsp3) is 0.0952. The molecule has 0 spiro atoms. The summed E-state index contributed by atoms with van der Waals surface area (Å²) in [6.07, 6.45) is -0.156. The topological polar surface area (TPSA) is 43.0 Å². The zero-order chi connectivity index (χ0) is 16.8. The van der Waals surface area contributed by atoms with E-state index in [1.165, 1.54) is 0 Å². The lowest BCUT2D eigenvalue weighted by Crippen LogP contribution is -2.25. The maximum absolute atomic E-state index is 6.17. The average Bonchev–Trinajstić information content (AvgIpc) is 3.28. The molecule has 1 atom stereocenters. The van der Waals surface area contributed by atoms with E-state index in [0.29, 0.717) is 0 Å². The third-order valence-electron chi connectivity index (χ3n) is 4.55. The monoisotopic (exact) mass is 327 g/mol. The molecule has 2 aromatic carbocycles. The molecule has 0 aliphatic carbocycles. The van der Waals surface area contributed by atoms with E-state index < -0.39 is 0 Å². The van der Waals surface area contributed by atoms with Gasteiger partial charge < -0.3 is 9.73 Å². The van der Waals surface area contributed by atoms with Gasteiger partial charge in [0.15, 0.2) is 6.17 Å². The Morgan fingerprint density at radius 2 is 1.76 bits per heavy atom. The van der Waals surface area contributed by atoms with E-state index in [-0.39, 0.29) is 6.17 Å². The van der Waals surface area contributed by atoms with Gasteiger partial charge in [-0.25, -0.2) is 4.68 Å². The van der Waals surface area contributed by atoms with E-state index in [1.54, 1.807) is 0 Å². The van der Waals surface area contributed by atoms with Crippen LogP contribution in [0.1, 0.15) is 17.6 Å². The Kier molecular flexibility index (Phi) is 3.04. The predicted molar refractivity (Wildman–Crippen MR) is 98.3 cm³/mol. The van der Waals surface area contributed by atoms with E-state index in [4.69, 9.17) is 4.42 Å². The summed E-state index contributed by atoms with van der Waals surface area (Å²) in [5.41, 5.74) is 5.43. The van der Waals surface area contributed by atoms with Gasteiger partial charge in [0.05, 0.1) is 11.4 Å². The van der Waals surface area contributed by atoms with Crippen LogP contribution >= 0.6 is 0 Å². The normalized spacial score (nSPS) is 15.3. The van der Waals surface area contributed by atoms with Crippen molar-refractivity contribution < 1.29 is 4.42 Å². The van der Waals surface area contributed by atoms with Crippen LogP contribution in [0.2, 0.25) is 0 Å². The van der Waals surface area contributed by atoms with Crippen LogP contribution in [0.25, 0.3) is 22.6 Å². The summed E-state index contributed by atoms with van der Waals surface area (Å²) in [6.45, 7) is 2.02. The van der Waals surface area contributed by atoms with Gasteiger partial charge in [-0.1, -0.05) is 48.5 Å². The number of nitrogens with zero attached hydrogens (tertiary/aromatic N) is 2. The molecule has 0 bridgehead atoms. The molecule has 4 nitrogen and oxygen atoms in total. The minimum absolute atomic E-state index is 0.156. The van der Waals surface area contributed by atoms with E-state index in [9.17, 15) is 0 Å². The first kappa shape index (κ1) is 14.1. The summed E-state index contributed by atoms with van der Waals surface area (Å²) in [5.74, 6) is 1.71. The molecule has 5 rings (SSSR count). The zero-order valence-electron chi connectivity index (χ0n) is 13.8. The first-order valence-electron chi connectivity index (χ1n) is 8.37. The van der Waals surface area contributed by atoms with Gasteiger partial charge in [-0.3, -0.25) is 0 Å². The quantitative estimate of drug-likeness (QED) is 0.557. The summed E-state index contributed by atoms with van der Waals surface area (Å²) < 4.78 is 8.17. The van der Waals surface area contributed by atoms with Gasteiger partial charge in [0.1, 0.15) is 11.5 Å². The van der Waals surface area contributed by atoms with Gasteiger partial charge in [0, 0.05) is 16.8 Å². The maximum atomic E-state index is 6.17. The van der Waals surface area contributed by atoms with Crippen LogP contribution in [-0.4, -0.2) is 9.78 Å². The Hall–Kier alpha value is -3.27. The lowest BCUT2D eigenvalue weighted by molar-refractivity contribution is 0.438. The minimum Gasteiger partial charge on any atom is -0.457 e.